The van der Waals surface area contributed by atoms with E-state index in [2.05, 4.69) is 5.32 Å². The van der Waals surface area contributed by atoms with Crippen LogP contribution in [-0.4, -0.2) is 18.0 Å². The molecule has 1 amide bonds. The van der Waals surface area contributed by atoms with Gasteiger partial charge in [0, 0.05) is 16.8 Å². The number of benzene rings is 3. The predicted molar refractivity (Wildman–Crippen MR) is 116 cm³/mol. The maximum absolute atomic E-state index is 13.8. The normalized spacial score (nSPS) is 10.5. The van der Waals surface area contributed by atoms with Gasteiger partial charge in [0.15, 0.2) is 0 Å². The van der Waals surface area contributed by atoms with Gasteiger partial charge in [0.1, 0.15) is 22.9 Å². The third-order valence-electron chi connectivity index (χ3n) is 4.76. The summed E-state index contributed by atoms with van der Waals surface area (Å²) < 4.78 is 32.8. The van der Waals surface area contributed by atoms with Crippen LogP contribution in [0.25, 0.3) is 22.5 Å². The van der Waals surface area contributed by atoms with Crippen molar-refractivity contribution >= 4 is 11.6 Å². The van der Waals surface area contributed by atoms with Crippen LogP contribution in [0.4, 0.5) is 14.5 Å². The molecule has 0 aliphatic rings. The Labute approximate surface area is 178 Å². The molecule has 154 valence electrons. The third-order valence-corrected chi connectivity index (χ3v) is 4.76. The largest absolute Gasteiger partial charge is 0.497 e. The van der Waals surface area contributed by atoms with Crippen LogP contribution >= 0.6 is 0 Å². The van der Waals surface area contributed by atoms with Gasteiger partial charge in [-0.2, -0.15) is 0 Å². The number of rotatable bonds is 5. The van der Waals surface area contributed by atoms with E-state index in [-0.39, 0.29) is 0 Å². The van der Waals surface area contributed by atoms with E-state index in [1.807, 2.05) is 42.5 Å². The lowest BCUT2D eigenvalue weighted by Gasteiger charge is -2.09. The number of anilines is 1. The molecule has 1 N–H and O–H groups in total. The fourth-order valence-electron chi connectivity index (χ4n) is 3.15. The van der Waals surface area contributed by atoms with Crippen LogP contribution in [0.3, 0.4) is 0 Å². The Morgan fingerprint density at radius 1 is 0.774 bits per heavy atom. The van der Waals surface area contributed by atoms with E-state index >= 15 is 0 Å². The van der Waals surface area contributed by atoms with Crippen molar-refractivity contribution in [2.75, 3.05) is 12.4 Å². The van der Waals surface area contributed by atoms with Crippen molar-refractivity contribution in [3.05, 3.63) is 102 Å². The molecule has 1 aromatic heterocycles. The Bertz CT molecular complexity index is 1200. The topological polar surface area (TPSA) is 51.2 Å². The second-order valence-electron chi connectivity index (χ2n) is 6.76. The number of carbonyl (C=O) groups is 1. The maximum atomic E-state index is 13.8. The van der Waals surface area contributed by atoms with Gasteiger partial charge in [0.25, 0.3) is 5.91 Å². The number of halogens is 2. The van der Waals surface area contributed by atoms with Crippen LogP contribution in [0.5, 0.6) is 5.75 Å². The summed E-state index contributed by atoms with van der Waals surface area (Å²) in [7, 11) is 1.62. The quantitative estimate of drug-likeness (QED) is 0.437. The van der Waals surface area contributed by atoms with Gasteiger partial charge in [-0.25, -0.2) is 13.8 Å². The van der Waals surface area contributed by atoms with Crippen molar-refractivity contribution in [1.82, 2.24) is 4.98 Å². The molecule has 6 heteroatoms. The van der Waals surface area contributed by atoms with Crippen LogP contribution in [0.1, 0.15) is 10.4 Å². The molecule has 0 aliphatic heterocycles. The van der Waals surface area contributed by atoms with Gasteiger partial charge in [0.05, 0.1) is 18.5 Å². The third kappa shape index (κ3) is 4.43. The summed E-state index contributed by atoms with van der Waals surface area (Å²) in [5, 5.41) is 2.52. The number of amides is 1. The molecule has 4 nitrogen and oxygen atoms in total. The Balaban J connectivity index is 1.53. The fourth-order valence-corrected chi connectivity index (χ4v) is 3.15. The molecule has 0 radical (unpaired) electrons. The minimum absolute atomic E-state index is 0.419. The Morgan fingerprint density at radius 3 is 1.84 bits per heavy atom. The highest BCUT2D eigenvalue weighted by Gasteiger charge is 2.17. The molecule has 0 atom stereocenters. The average molecular weight is 416 g/mol. The van der Waals surface area contributed by atoms with E-state index < -0.39 is 23.1 Å². The van der Waals surface area contributed by atoms with Crippen molar-refractivity contribution in [2.24, 2.45) is 0 Å². The SMILES string of the molecule is COc1ccc(-c2cccc(-c3ccc(NC(=O)c4c(F)cccc4F)cc3)n2)cc1. The lowest BCUT2D eigenvalue weighted by Crippen LogP contribution is -2.15. The molecule has 0 bridgehead atoms. The minimum Gasteiger partial charge on any atom is -0.497 e. The van der Waals surface area contributed by atoms with Gasteiger partial charge in [-0.3, -0.25) is 4.79 Å². The second-order valence-corrected chi connectivity index (χ2v) is 6.76. The fraction of sp³-hybridized carbons (Fsp3) is 0.0400. The van der Waals surface area contributed by atoms with Crippen molar-refractivity contribution in [3.8, 4) is 28.3 Å². The molecular weight excluding hydrogens is 398 g/mol. The highest BCUT2D eigenvalue weighted by Crippen LogP contribution is 2.25. The van der Waals surface area contributed by atoms with Crippen molar-refractivity contribution in [2.45, 2.75) is 0 Å². The van der Waals surface area contributed by atoms with E-state index in [9.17, 15) is 13.6 Å². The summed E-state index contributed by atoms with van der Waals surface area (Å²) in [4.78, 5) is 16.9. The number of carbonyl (C=O) groups excluding carboxylic acids is 1. The Kier molecular flexibility index (Phi) is 5.71. The van der Waals surface area contributed by atoms with Gasteiger partial charge in [-0.1, -0.05) is 24.3 Å². The van der Waals surface area contributed by atoms with E-state index in [0.29, 0.717) is 5.69 Å². The smallest absolute Gasteiger partial charge is 0.261 e. The molecule has 0 spiro atoms. The van der Waals surface area contributed by atoms with E-state index in [1.54, 1.807) is 31.4 Å². The standard InChI is InChI=1S/C25H18F2N2O2/c1-31-19-14-10-17(11-15-19)23-7-3-6-22(29-23)16-8-12-18(13-9-16)28-25(30)24-20(26)4-2-5-21(24)27/h2-15H,1H3,(H,28,30). The predicted octanol–water partition coefficient (Wildman–Crippen LogP) is 5.95. The van der Waals surface area contributed by atoms with Crippen molar-refractivity contribution in [3.63, 3.8) is 0 Å². The first kappa shape index (κ1) is 20.2. The number of pyridine rings is 1. The maximum Gasteiger partial charge on any atom is 0.261 e. The van der Waals surface area contributed by atoms with Crippen molar-refractivity contribution in [1.29, 1.82) is 0 Å². The molecular formula is C25H18F2N2O2. The van der Waals surface area contributed by atoms with Crippen molar-refractivity contribution < 1.29 is 18.3 Å². The lowest BCUT2D eigenvalue weighted by molar-refractivity contribution is 0.101. The summed E-state index contributed by atoms with van der Waals surface area (Å²) in [5.74, 6) is -1.89. The highest BCUT2D eigenvalue weighted by atomic mass is 19.1. The lowest BCUT2D eigenvalue weighted by atomic mass is 10.1. The van der Waals surface area contributed by atoms with Gasteiger partial charge in [-0.05, 0) is 60.7 Å². The zero-order chi connectivity index (χ0) is 21.8. The summed E-state index contributed by atoms with van der Waals surface area (Å²) in [6.07, 6.45) is 0. The first-order valence-electron chi connectivity index (χ1n) is 9.52. The average Bonchev–Trinajstić information content (AvgIpc) is 2.79. The zero-order valence-electron chi connectivity index (χ0n) is 16.6. The first-order valence-corrected chi connectivity index (χ1v) is 9.52. The summed E-state index contributed by atoms with van der Waals surface area (Å²) in [5.41, 5.74) is 3.17. The van der Waals surface area contributed by atoms with Gasteiger partial charge in [0.2, 0.25) is 0 Å². The molecule has 0 fully saturated rings. The number of hydrogen-bond donors (Lipinski definition) is 1. The number of methoxy groups -OCH3 is 1. The number of nitrogens with zero attached hydrogens (tertiary/aromatic N) is 1. The number of aromatic nitrogens is 1. The summed E-state index contributed by atoms with van der Waals surface area (Å²) >= 11 is 0. The number of ether oxygens (including phenoxy) is 1. The van der Waals surface area contributed by atoms with Crippen LogP contribution < -0.4 is 10.1 Å². The zero-order valence-corrected chi connectivity index (χ0v) is 16.6. The summed E-state index contributed by atoms with van der Waals surface area (Å²) in [6.45, 7) is 0. The summed E-state index contributed by atoms with van der Waals surface area (Å²) in [6, 6.07) is 23.5. The molecule has 3 aromatic carbocycles. The molecule has 0 saturated heterocycles. The molecule has 31 heavy (non-hydrogen) atoms. The Morgan fingerprint density at radius 2 is 1.29 bits per heavy atom. The molecule has 1 heterocycles. The minimum atomic E-state index is -0.909. The monoisotopic (exact) mass is 416 g/mol. The molecule has 4 aromatic rings. The number of hydrogen-bond acceptors (Lipinski definition) is 3. The van der Waals surface area contributed by atoms with Crippen LogP contribution in [0.2, 0.25) is 0 Å². The molecule has 0 saturated carbocycles. The van der Waals surface area contributed by atoms with E-state index in [1.165, 1.54) is 6.07 Å². The van der Waals surface area contributed by atoms with E-state index in [0.717, 1.165) is 40.4 Å². The molecule has 0 unspecified atom stereocenters. The van der Waals surface area contributed by atoms with Gasteiger partial charge < -0.3 is 10.1 Å². The van der Waals surface area contributed by atoms with Crippen LogP contribution in [0, 0.1) is 11.6 Å². The highest BCUT2D eigenvalue weighted by molar-refractivity contribution is 6.04. The molecule has 0 aliphatic carbocycles. The van der Waals surface area contributed by atoms with Crippen LogP contribution in [-0.2, 0) is 0 Å². The van der Waals surface area contributed by atoms with Crippen LogP contribution in [0.15, 0.2) is 84.9 Å². The Hall–Kier alpha value is -4.06. The number of nitrogens with one attached hydrogen (secondary N) is 1. The molecule has 4 rings (SSSR count). The second kappa shape index (κ2) is 8.75. The first-order chi connectivity index (χ1) is 15.0. The van der Waals surface area contributed by atoms with Gasteiger partial charge >= 0.3 is 0 Å². The van der Waals surface area contributed by atoms with Gasteiger partial charge in [-0.15, -0.1) is 0 Å². The van der Waals surface area contributed by atoms with E-state index in [4.69, 9.17) is 9.72 Å².